The van der Waals surface area contributed by atoms with Gasteiger partial charge < -0.3 is 30.3 Å². The molecule has 0 aliphatic carbocycles. The molecule has 8 heteroatoms. The Bertz CT molecular complexity index is 1220. The maximum atomic E-state index is 13.1. The molecule has 0 bridgehead atoms. The molecular formula is C24H20N2O5S. The number of phenols is 2. The van der Waals surface area contributed by atoms with Gasteiger partial charge in [-0.25, -0.2) is 4.79 Å². The van der Waals surface area contributed by atoms with Crippen LogP contribution in [0, 0.1) is 0 Å². The van der Waals surface area contributed by atoms with Gasteiger partial charge in [-0.2, -0.15) is 0 Å². The van der Waals surface area contributed by atoms with Gasteiger partial charge in [0.2, 0.25) is 0 Å². The number of phenolic OH excluding ortho intramolecular Hbond substituents is 2. The first-order valence-corrected chi connectivity index (χ1v) is 10.6. The van der Waals surface area contributed by atoms with Crippen molar-refractivity contribution >= 4 is 29.0 Å². The fourth-order valence-corrected chi connectivity index (χ4v) is 4.42. The molecule has 4 N–H and O–H groups in total. The lowest BCUT2D eigenvalue weighted by molar-refractivity contribution is 0.0224. The van der Waals surface area contributed by atoms with Crippen molar-refractivity contribution < 1.29 is 24.5 Å². The van der Waals surface area contributed by atoms with Gasteiger partial charge in [-0.1, -0.05) is 13.0 Å². The topological polar surface area (TPSA) is 100 Å². The molecule has 0 saturated heterocycles. The van der Waals surface area contributed by atoms with E-state index in [-0.39, 0.29) is 11.5 Å². The van der Waals surface area contributed by atoms with E-state index in [1.165, 1.54) is 24.3 Å². The highest BCUT2D eigenvalue weighted by molar-refractivity contribution is 7.80. The quantitative estimate of drug-likeness (QED) is 0.346. The number of carbonyl (C=O) groups excluding carboxylic acids is 1. The van der Waals surface area contributed by atoms with Crippen molar-refractivity contribution in [3.63, 3.8) is 0 Å². The molecule has 5 rings (SSSR count). The van der Waals surface area contributed by atoms with Gasteiger partial charge in [-0.05, 0) is 55.0 Å². The number of carbonyl (C=O) groups is 1. The van der Waals surface area contributed by atoms with E-state index in [0.717, 1.165) is 13.0 Å². The lowest BCUT2D eigenvalue weighted by Gasteiger charge is -2.36. The Morgan fingerprint density at radius 3 is 2.22 bits per heavy atom. The standard InChI is InChI=1S/C24H20N2O5S/c1-2-9-25-23(32)26-13-3-6-17-16(10-13)22(29)31-24(17)18-7-4-14(27)11-20(18)30-21-12-15(28)5-8-19(21)24/h3-8,10-12,27-28H,2,9H2,1H3,(H2,25,26,32). The normalized spacial score (nSPS) is 14.6. The van der Waals surface area contributed by atoms with Crippen LogP contribution in [-0.2, 0) is 10.3 Å². The van der Waals surface area contributed by atoms with Crippen LogP contribution in [0.4, 0.5) is 5.69 Å². The minimum Gasteiger partial charge on any atom is -0.508 e. The van der Waals surface area contributed by atoms with Gasteiger partial charge in [-0.3, -0.25) is 0 Å². The number of esters is 1. The first-order chi connectivity index (χ1) is 15.4. The fourth-order valence-electron chi connectivity index (χ4n) is 4.20. The Hall–Kier alpha value is -3.78. The van der Waals surface area contributed by atoms with Crippen molar-refractivity contribution in [1.29, 1.82) is 0 Å². The summed E-state index contributed by atoms with van der Waals surface area (Å²) in [6.07, 6.45) is 0.937. The molecule has 3 aromatic carbocycles. The molecule has 3 aromatic rings. The minimum atomic E-state index is -1.27. The molecule has 0 amide bonds. The van der Waals surface area contributed by atoms with Gasteiger partial charge in [0.1, 0.15) is 23.0 Å². The SMILES string of the molecule is CCCNC(=S)Nc1ccc2c(c1)C(=O)OC21c2ccc(O)cc2Oc2cc(O)ccc21. The number of thiocarbonyl (C=S) groups is 1. The Labute approximate surface area is 189 Å². The second-order valence-electron chi connectivity index (χ2n) is 7.67. The molecule has 7 nitrogen and oxygen atoms in total. The van der Waals surface area contributed by atoms with E-state index in [2.05, 4.69) is 10.6 Å². The average molecular weight is 449 g/mol. The summed E-state index contributed by atoms with van der Waals surface area (Å²) in [5.74, 6) is 0.224. The van der Waals surface area contributed by atoms with E-state index in [1.807, 2.05) is 19.1 Å². The van der Waals surface area contributed by atoms with Crippen LogP contribution in [-0.4, -0.2) is 27.8 Å². The zero-order chi connectivity index (χ0) is 22.5. The fraction of sp³-hybridized carbons (Fsp3) is 0.167. The number of nitrogens with one attached hydrogen (secondary N) is 2. The van der Waals surface area contributed by atoms with Crippen molar-refractivity contribution in [2.75, 3.05) is 11.9 Å². The van der Waals surface area contributed by atoms with Crippen LogP contribution in [0.2, 0.25) is 0 Å². The number of ether oxygens (including phenoxy) is 2. The summed E-state index contributed by atoms with van der Waals surface area (Å²) in [4.78, 5) is 13.1. The predicted molar refractivity (Wildman–Crippen MR) is 123 cm³/mol. The van der Waals surface area contributed by atoms with Crippen LogP contribution in [0.1, 0.15) is 40.4 Å². The molecular weight excluding hydrogens is 428 g/mol. The van der Waals surface area contributed by atoms with Crippen molar-refractivity contribution in [1.82, 2.24) is 5.32 Å². The second kappa shape index (κ2) is 7.42. The molecule has 0 fully saturated rings. The molecule has 0 aromatic heterocycles. The van der Waals surface area contributed by atoms with Gasteiger partial charge in [0, 0.05) is 41.1 Å². The maximum absolute atomic E-state index is 13.1. The molecule has 2 aliphatic rings. The van der Waals surface area contributed by atoms with E-state index in [9.17, 15) is 15.0 Å². The van der Waals surface area contributed by atoms with E-state index >= 15 is 0 Å². The number of rotatable bonds is 3. The zero-order valence-electron chi connectivity index (χ0n) is 17.1. The molecule has 0 radical (unpaired) electrons. The van der Waals surface area contributed by atoms with E-state index < -0.39 is 11.6 Å². The number of fused-ring (bicyclic) bond motifs is 6. The molecule has 0 atom stereocenters. The average Bonchev–Trinajstić information content (AvgIpc) is 3.04. The highest BCUT2D eigenvalue weighted by atomic mass is 32.1. The monoisotopic (exact) mass is 448 g/mol. The van der Waals surface area contributed by atoms with Crippen LogP contribution in [0.5, 0.6) is 23.0 Å². The predicted octanol–water partition coefficient (Wildman–Crippen LogP) is 4.36. The van der Waals surface area contributed by atoms with Crippen LogP contribution < -0.4 is 15.4 Å². The molecule has 162 valence electrons. The highest BCUT2D eigenvalue weighted by Gasteiger charge is 2.53. The summed E-state index contributed by atoms with van der Waals surface area (Å²) in [6, 6.07) is 14.7. The summed E-state index contributed by atoms with van der Waals surface area (Å²) in [7, 11) is 0. The van der Waals surface area contributed by atoms with E-state index in [4.69, 9.17) is 21.7 Å². The van der Waals surface area contributed by atoms with Crippen molar-refractivity contribution in [3.8, 4) is 23.0 Å². The molecule has 32 heavy (non-hydrogen) atoms. The number of anilines is 1. The number of benzene rings is 3. The smallest absolute Gasteiger partial charge is 0.340 e. The number of hydrogen-bond acceptors (Lipinski definition) is 6. The van der Waals surface area contributed by atoms with Gasteiger partial charge >= 0.3 is 5.97 Å². The largest absolute Gasteiger partial charge is 0.508 e. The molecule has 0 unspecified atom stereocenters. The second-order valence-corrected chi connectivity index (χ2v) is 8.08. The first kappa shape index (κ1) is 20.1. The molecule has 2 aliphatic heterocycles. The van der Waals surface area contributed by atoms with Gasteiger partial charge in [-0.15, -0.1) is 0 Å². The third-order valence-electron chi connectivity index (χ3n) is 5.57. The van der Waals surface area contributed by atoms with E-state index in [1.54, 1.807) is 18.2 Å². The van der Waals surface area contributed by atoms with Crippen molar-refractivity contribution in [2.45, 2.75) is 18.9 Å². The van der Waals surface area contributed by atoms with Crippen LogP contribution in [0.15, 0.2) is 54.6 Å². The summed E-state index contributed by atoms with van der Waals surface area (Å²) >= 11 is 5.30. The van der Waals surface area contributed by atoms with Crippen molar-refractivity contribution in [3.05, 3.63) is 76.9 Å². The number of hydrogen-bond donors (Lipinski definition) is 4. The summed E-state index contributed by atoms with van der Waals surface area (Å²) in [5.41, 5.74) is 1.60. The Kier molecular flexibility index (Phi) is 4.67. The summed E-state index contributed by atoms with van der Waals surface area (Å²) in [6.45, 7) is 2.79. The third-order valence-corrected chi connectivity index (χ3v) is 5.81. The Morgan fingerprint density at radius 2 is 1.59 bits per heavy atom. The Morgan fingerprint density at radius 1 is 0.969 bits per heavy atom. The van der Waals surface area contributed by atoms with Gasteiger partial charge in [0.25, 0.3) is 0 Å². The molecule has 0 saturated carbocycles. The zero-order valence-corrected chi connectivity index (χ0v) is 18.0. The summed E-state index contributed by atoms with van der Waals surface area (Å²) < 4.78 is 12.0. The van der Waals surface area contributed by atoms with Crippen LogP contribution in [0.25, 0.3) is 0 Å². The van der Waals surface area contributed by atoms with E-state index in [0.29, 0.717) is 44.6 Å². The Balaban J connectivity index is 1.66. The van der Waals surface area contributed by atoms with Gasteiger partial charge in [0.15, 0.2) is 10.7 Å². The summed E-state index contributed by atoms with van der Waals surface area (Å²) in [5, 5.41) is 26.6. The lowest BCUT2D eigenvalue weighted by Crippen LogP contribution is -2.33. The lowest BCUT2D eigenvalue weighted by atomic mass is 9.77. The van der Waals surface area contributed by atoms with Crippen LogP contribution >= 0.6 is 12.2 Å². The maximum Gasteiger partial charge on any atom is 0.340 e. The van der Waals surface area contributed by atoms with Gasteiger partial charge in [0.05, 0.1) is 5.56 Å². The number of aromatic hydroxyl groups is 2. The van der Waals surface area contributed by atoms with Crippen molar-refractivity contribution in [2.24, 2.45) is 0 Å². The minimum absolute atomic E-state index is 0.0136. The highest BCUT2D eigenvalue weighted by Crippen LogP contribution is 2.57. The van der Waals surface area contributed by atoms with Crippen LogP contribution in [0.3, 0.4) is 0 Å². The molecule has 2 heterocycles. The molecule has 1 spiro atoms. The first-order valence-electron chi connectivity index (χ1n) is 10.2. The third kappa shape index (κ3) is 3.03.